The molecule has 0 spiro atoms. The summed E-state index contributed by atoms with van der Waals surface area (Å²) >= 11 is 0. The molecule has 1 aliphatic carbocycles. The van der Waals surface area contributed by atoms with E-state index in [4.69, 9.17) is 4.74 Å². The van der Waals surface area contributed by atoms with Crippen LogP contribution in [0.5, 0.6) is 46.0 Å². The molecule has 5 rings (SSSR count). The topological polar surface area (TPSA) is 151 Å². The Morgan fingerprint density at radius 1 is 0.622 bits per heavy atom. The van der Waals surface area contributed by atoms with E-state index >= 15 is 0 Å². The zero-order chi connectivity index (χ0) is 26.4. The Morgan fingerprint density at radius 2 is 1.30 bits per heavy atom. The number of allylic oxidation sites excluding steroid dienone is 1. The number of benzene rings is 4. The molecule has 188 valence electrons. The molecule has 0 amide bonds. The molecule has 0 fully saturated rings. The summed E-state index contributed by atoms with van der Waals surface area (Å²) in [6.45, 7) is 0. The second kappa shape index (κ2) is 8.91. The maximum Gasteiger partial charge on any atom is 0.161 e. The molecule has 0 aromatic heterocycles. The van der Waals surface area contributed by atoms with Crippen LogP contribution in [0.1, 0.15) is 39.7 Å². The first-order chi connectivity index (χ1) is 17.7. The second-order valence-electron chi connectivity index (χ2n) is 8.94. The molecule has 8 nitrogen and oxygen atoms in total. The predicted octanol–water partition coefficient (Wildman–Crippen LogP) is 5.10. The lowest BCUT2D eigenvalue weighted by molar-refractivity contribution is 0.373. The summed E-state index contributed by atoms with van der Waals surface area (Å²) in [5.74, 6) is -2.34. The van der Waals surface area contributed by atoms with Crippen molar-refractivity contribution in [2.45, 2.75) is 11.8 Å². The van der Waals surface area contributed by atoms with Gasteiger partial charge < -0.3 is 40.5 Å². The van der Waals surface area contributed by atoms with Gasteiger partial charge in [0.2, 0.25) is 0 Å². The maximum atomic E-state index is 11.0. The van der Waals surface area contributed by atoms with E-state index in [9.17, 15) is 35.7 Å². The predicted molar refractivity (Wildman–Crippen MR) is 136 cm³/mol. The number of hydrogen-bond donors (Lipinski definition) is 7. The minimum absolute atomic E-state index is 0.0480. The van der Waals surface area contributed by atoms with Gasteiger partial charge in [-0.15, -0.1) is 0 Å². The lowest BCUT2D eigenvalue weighted by Gasteiger charge is -2.24. The fraction of sp³-hybridized carbons (Fsp3) is 0.103. The van der Waals surface area contributed by atoms with E-state index in [1.54, 1.807) is 18.2 Å². The molecular weight excluding hydrogens is 476 g/mol. The van der Waals surface area contributed by atoms with Crippen molar-refractivity contribution >= 4 is 11.6 Å². The van der Waals surface area contributed by atoms with E-state index in [1.165, 1.54) is 61.7 Å². The van der Waals surface area contributed by atoms with Crippen LogP contribution in [0.15, 0.2) is 66.7 Å². The molecule has 0 unspecified atom stereocenters. The van der Waals surface area contributed by atoms with Crippen LogP contribution in [0.25, 0.3) is 11.6 Å². The van der Waals surface area contributed by atoms with Crippen molar-refractivity contribution in [2.75, 3.05) is 7.11 Å². The highest BCUT2D eigenvalue weighted by Gasteiger charge is 2.42. The van der Waals surface area contributed by atoms with Crippen LogP contribution in [0.3, 0.4) is 0 Å². The first kappa shape index (κ1) is 23.7. The van der Waals surface area contributed by atoms with Gasteiger partial charge in [0.05, 0.1) is 7.11 Å². The van der Waals surface area contributed by atoms with Crippen LogP contribution in [0.2, 0.25) is 0 Å². The molecule has 4 aromatic carbocycles. The number of aromatic hydroxyl groups is 7. The van der Waals surface area contributed by atoms with E-state index in [0.29, 0.717) is 33.4 Å². The standard InChI is InChI=1S/C29H24O8/c1-37-26-7-14(2-5-23(26)34)6-21-22-11-19(33)13-25(36)28(22)29(20-4-3-16(30)12-24(20)35)27(21)15-8-17(31)10-18(32)9-15/h2-13,27,29-36H,1H3/b21-6-/t27-,29+/m1/s1. The average molecular weight is 501 g/mol. The molecule has 0 aliphatic heterocycles. The van der Waals surface area contributed by atoms with Gasteiger partial charge in [-0.05, 0) is 58.7 Å². The third-order valence-corrected chi connectivity index (χ3v) is 6.59. The number of phenolic OH excluding ortho intramolecular Hbond substituents is 7. The lowest BCUT2D eigenvalue weighted by atomic mass is 9.79. The van der Waals surface area contributed by atoms with Crippen LogP contribution >= 0.6 is 0 Å². The highest BCUT2D eigenvalue weighted by Crippen LogP contribution is 2.60. The normalized spacial score (nSPS) is 17.6. The van der Waals surface area contributed by atoms with Crippen molar-refractivity contribution in [1.82, 2.24) is 0 Å². The van der Waals surface area contributed by atoms with Crippen LogP contribution in [0.4, 0.5) is 0 Å². The first-order valence-electron chi connectivity index (χ1n) is 11.4. The SMILES string of the molecule is COc1cc(/C=C2/c3cc(O)cc(O)c3[C@@H](c3ccc(O)cc3O)[C@@H]2c2cc(O)cc(O)c2)ccc1O. The first-order valence-corrected chi connectivity index (χ1v) is 11.4. The fourth-order valence-electron chi connectivity index (χ4n) is 5.13. The summed E-state index contributed by atoms with van der Waals surface area (Å²) in [6, 6.07) is 15.7. The Morgan fingerprint density at radius 3 is 1.97 bits per heavy atom. The van der Waals surface area contributed by atoms with Gasteiger partial charge in [-0.25, -0.2) is 0 Å². The fourth-order valence-corrected chi connectivity index (χ4v) is 5.13. The van der Waals surface area contributed by atoms with Gasteiger partial charge in [0.25, 0.3) is 0 Å². The van der Waals surface area contributed by atoms with E-state index in [-0.39, 0.29) is 46.0 Å². The van der Waals surface area contributed by atoms with E-state index in [2.05, 4.69) is 0 Å². The van der Waals surface area contributed by atoms with Crippen LogP contribution in [-0.4, -0.2) is 42.9 Å². The van der Waals surface area contributed by atoms with Crippen molar-refractivity contribution in [3.63, 3.8) is 0 Å². The Kier molecular flexibility index (Phi) is 5.72. The van der Waals surface area contributed by atoms with Gasteiger partial charge in [-0.2, -0.15) is 0 Å². The van der Waals surface area contributed by atoms with E-state index in [1.807, 2.05) is 0 Å². The van der Waals surface area contributed by atoms with Gasteiger partial charge in [0.1, 0.15) is 34.5 Å². The molecule has 37 heavy (non-hydrogen) atoms. The Bertz CT molecular complexity index is 1540. The summed E-state index contributed by atoms with van der Waals surface area (Å²) in [5, 5.41) is 72.7. The Labute approximate surface area is 211 Å². The van der Waals surface area contributed by atoms with Crippen LogP contribution < -0.4 is 4.74 Å². The van der Waals surface area contributed by atoms with Gasteiger partial charge in [-0.1, -0.05) is 18.2 Å². The number of rotatable bonds is 4. The molecule has 0 radical (unpaired) electrons. The van der Waals surface area contributed by atoms with Crippen molar-refractivity contribution < 1.29 is 40.5 Å². The average Bonchev–Trinajstić information content (AvgIpc) is 3.13. The summed E-state index contributed by atoms with van der Waals surface area (Å²) in [6.07, 6.45) is 1.78. The largest absolute Gasteiger partial charge is 0.508 e. The van der Waals surface area contributed by atoms with Crippen molar-refractivity contribution in [3.05, 3.63) is 94.5 Å². The third-order valence-electron chi connectivity index (χ3n) is 6.59. The van der Waals surface area contributed by atoms with Gasteiger partial charge in [0.15, 0.2) is 11.5 Å². The monoisotopic (exact) mass is 500 g/mol. The number of ether oxygens (including phenoxy) is 1. The van der Waals surface area contributed by atoms with Crippen LogP contribution in [-0.2, 0) is 0 Å². The molecule has 1 aliphatic rings. The zero-order valence-corrected chi connectivity index (χ0v) is 19.6. The van der Waals surface area contributed by atoms with Crippen molar-refractivity contribution in [1.29, 1.82) is 0 Å². The molecule has 0 heterocycles. The smallest absolute Gasteiger partial charge is 0.161 e. The lowest BCUT2D eigenvalue weighted by Crippen LogP contribution is -2.08. The molecule has 8 heteroatoms. The number of hydrogen-bond acceptors (Lipinski definition) is 8. The molecule has 0 saturated carbocycles. The highest BCUT2D eigenvalue weighted by atomic mass is 16.5. The van der Waals surface area contributed by atoms with Gasteiger partial charge in [0, 0.05) is 41.2 Å². The van der Waals surface area contributed by atoms with Crippen LogP contribution in [0, 0.1) is 0 Å². The number of methoxy groups -OCH3 is 1. The van der Waals surface area contributed by atoms with Gasteiger partial charge in [-0.3, -0.25) is 0 Å². The Hall–Kier alpha value is -4.98. The summed E-state index contributed by atoms with van der Waals surface area (Å²) in [5.41, 5.74) is 2.96. The Balaban J connectivity index is 1.85. The van der Waals surface area contributed by atoms with E-state index in [0.717, 1.165) is 0 Å². The summed E-state index contributed by atoms with van der Waals surface area (Å²) in [4.78, 5) is 0. The quantitative estimate of drug-likeness (QED) is 0.204. The minimum atomic E-state index is -0.734. The van der Waals surface area contributed by atoms with E-state index < -0.39 is 11.8 Å². The van der Waals surface area contributed by atoms with Crippen molar-refractivity contribution in [3.8, 4) is 46.0 Å². The van der Waals surface area contributed by atoms with Crippen molar-refractivity contribution in [2.24, 2.45) is 0 Å². The summed E-state index contributed by atoms with van der Waals surface area (Å²) < 4.78 is 5.24. The second-order valence-corrected chi connectivity index (χ2v) is 8.94. The molecule has 7 N–H and O–H groups in total. The summed E-state index contributed by atoms with van der Waals surface area (Å²) in [7, 11) is 1.43. The molecular formula is C29H24O8. The molecule has 4 aromatic rings. The minimum Gasteiger partial charge on any atom is -0.508 e. The molecule has 0 saturated heterocycles. The third kappa shape index (κ3) is 4.18. The molecule has 2 atom stereocenters. The number of phenols is 7. The van der Waals surface area contributed by atoms with Gasteiger partial charge >= 0.3 is 0 Å². The zero-order valence-electron chi connectivity index (χ0n) is 19.6. The maximum absolute atomic E-state index is 11.0. The highest BCUT2D eigenvalue weighted by molar-refractivity contribution is 5.93. The molecule has 0 bridgehead atoms. The number of fused-ring (bicyclic) bond motifs is 1.